The number of halogens is 2. The summed E-state index contributed by atoms with van der Waals surface area (Å²) in [6.07, 6.45) is 0. The van der Waals surface area contributed by atoms with Gasteiger partial charge in [0.1, 0.15) is 10.7 Å². The number of carboxylic acid groups (broad SMARTS) is 1. The number of rotatable bonds is 5. The highest BCUT2D eigenvalue weighted by Crippen LogP contribution is 2.31. The molecule has 0 aliphatic rings. The number of thiophene rings is 1. The molecule has 0 radical (unpaired) electrons. The van der Waals surface area contributed by atoms with Gasteiger partial charge in [-0.2, -0.15) is 0 Å². The fraction of sp³-hybridized carbons (Fsp3) is 0. The van der Waals surface area contributed by atoms with Crippen molar-refractivity contribution in [2.75, 3.05) is 5.32 Å². The van der Waals surface area contributed by atoms with Crippen LogP contribution in [-0.2, 0) is 10.0 Å². The quantitative estimate of drug-likeness (QED) is 0.351. The molecule has 0 spiro atoms. The van der Waals surface area contributed by atoms with Crippen molar-refractivity contribution in [1.29, 1.82) is 0 Å². The first kappa shape index (κ1) is 22.6. The lowest BCUT2D eigenvalue weighted by Gasteiger charge is -2.11. The Morgan fingerprint density at radius 1 is 1.19 bits per heavy atom. The number of aromatic hydroxyl groups is 1. The van der Waals surface area contributed by atoms with Crippen molar-refractivity contribution in [1.82, 2.24) is 14.7 Å². The molecule has 2 aromatic heterocycles. The van der Waals surface area contributed by atoms with E-state index in [1.54, 1.807) is 4.72 Å². The fourth-order valence-electron chi connectivity index (χ4n) is 2.34. The van der Waals surface area contributed by atoms with Gasteiger partial charge in [-0.25, -0.2) is 27.7 Å². The van der Waals surface area contributed by atoms with E-state index in [2.05, 4.69) is 15.3 Å². The van der Waals surface area contributed by atoms with E-state index in [-0.39, 0.29) is 27.1 Å². The minimum atomic E-state index is -4.38. The van der Waals surface area contributed by atoms with E-state index in [4.69, 9.17) is 28.3 Å². The van der Waals surface area contributed by atoms with E-state index < -0.39 is 43.9 Å². The van der Waals surface area contributed by atoms with E-state index in [1.165, 1.54) is 22.9 Å². The number of hydrogen-bond donors (Lipinski definition) is 5. The van der Waals surface area contributed by atoms with Gasteiger partial charge in [0, 0.05) is 10.8 Å². The van der Waals surface area contributed by atoms with Crippen LogP contribution in [-0.4, -0.2) is 40.6 Å². The molecule has 0 saturated heterocycles. The van der Waals surface area contributed by atoms with Crippen LogP contribution in [0.25, 0.3) is 11.4 Å². The zero-order valence-electron chi connectivity index (χ0n) is 14.8. The zero-order valence-corrected chi connectivity index (χ0v) is 18.0. The van der Waals surface area contributed by atoms with Crippen molar-refractivity contribution in [2.45, 2.75) is 4.90 Å². The second-order valence-corrected chi connectivity index (χ2v) is 8.91. The van der Waals surface area contributed by atoms with Crippen LogP contribution in [0.4, 0.5) is 10.5 Å². The summed E-state index contributed by atoms with van der Waals surface area (Å²) in [4.78, 5) is 40.7. The number of amides is 2. The van der Waals surface area contributed by atoms with Crippen LogP contribution in [0.1, 0.15) is 10.5 Å². The number of nitrogens with one attached hydrogen (secondary N) is 3. The largest absolute Gasteiger partial charge is 0.501 e. The summed E-state index contributed by atoms with van der Waals surface area (Å²) in [7, 11) is -4.38. The summed E-state index contributed by atoms with van der Waals surface area (Å²) in [6, 6.07) is 2.69. The second kappa shape index (κ2) is 8.55. The number of carbonyl (C=O) groups is 2. The third-order valence-electron chi connectivity index (χ3n) is 3.70. The maximum atomic E-state index is 12.4. The summed E-state index contributed by atoms with van der Waals surface area (Å²) < 4.78 is 26.6. The lowest BCUT2D eigenvalue weighted by Crippen LogP contribution is -2.34. The number of benzene rings is 1. The molecule has 1 aromatic carbocycles. The number of aromatic amines is 1. The molecule has 2 amide bonds. The van der Waals surface area contributed by atoms with Gasteiger partial charge in [-0.15, -0.1) is 11.3 Å². The third-order valence-corrected chi connectivity index (χ3v) is 6.74. The molecule has 0 unspecified atom stereocenters. The Labute approximate surface area is 187 Å². The maximum absolute atomic E-state index is 12.4. The van der Waals surface area contributed by atoms with Crippen molar-refractivity contribution in [3.8, 4) is 17.1 Å². The number of aromatic carboxylic acids is 1. The number of sulfonamides is 1. The Morgan fingerprint density at radius 3 is 2.58 bits per heavy atom. The van der Waals surface area contributed by atoms with E-state index in [1.807, 2.05) is 0 Å². The van der Waals surface area contributed by atoms with Crippen LogP contribution in [0.5, 0.6) is 5.75 Å². The van der Waals surface area contributed by atoms with E-state index in [0.717, 1.165) is 17.4 Å². The molecule has 0 saturated carbocycles. The molecule has 5 N–H and O–H groups in total. The SMILES string of the molecule is O=C(Nc1cscc1-c1nc(C(=O)O)c(O)c(=O)[nH]1)NS(=O)(=O)c1cccc(Cl)c1Cl. The highest BCUT2D eigenvalue weighted by atomic mass is 35.5. The predicted molar refractivity (Wildman–Crippen MR) is 113 cm³/mol. The molecule has 0 bridgehead atoms. The number of carbonyl (C=O) groups excluding carboxylic acids is 1. The van der Waals surface area contributed by atoms with Crippen LogP contribution in [0.2, 0.25) is 10.0 Å². The minimum Gasteiger partial charge on any atom is -0.501 e. The Hall–Kier alpha value is -3.13. The Balaban J connectivity index is 1.89. The maximum Gasteiger partial charge on any atom is 0.358 e. The van der Waals surface area contributed by atoms with E-state index in [9.17, 15) is 27.9 Å². The van der Waals surface area contributed by atoms with Gasteiger partial charge in [0.2, 0.25) is 5.75 Å². The molecule has 162 valence electrons. The van der Waals surface area contributed by atoms with Crippen LogP contribution in [0, 0.1) is 0 Å². The molecular formula is C16H10Cl2N4O7S2. The topological polar surface area (TPSA) is 179 Å². The summed E-state index contributed by atoms with van der Waals surface area (Å²) >= 11 is 12.7. The summed E-state index contributed by atoms with van der Waals surface area (Å²) in [5, 5.41) is 23.4. The first-order valence-corrected chi connectivity index (χ1v) is 11.1. The van der Waals surface area contributed by atoms with Gasteiger partial charge in [-0.05, 0) is 12.1 Å². The highest BCUT2D eigenvalue weighted by Gasteiger charge is 2.24. The zero-order chi connectivity index (χ0) is 22.9. The van der Waals surface area contributed by atoms with Crippen LogP contribution >= 0.6 is 34.5 Å². The number of carboxylic acids is 1. The number of aromatic nitrogens is 2. The number of urea groups is 1. The van der Waals surface area contributed by atoms with Gasteiger partial charge < -0.3 is 20.5 Å². The van der Waals surface area contributed by atoms with Crippen molar-refractivity contribution in [3.05, 3.63) is 55.1 Å². The first-order valence-electron chi connectivity index (χ1n) is 7.92. The molecule has 0 fully saturated rings. The summed E-state index contributed by atoms with van der Waals surface area (Å²) in [6.45, 7) is 0. The molecular weight excluding hydrogens is 495 g/mol. The van der Waals surface area contributed by atoms with Gasteiger partial charge in [0.15, 0.2) is 5.69 Å². The van der Waals surface area contributed by atoms with E-state index >= 15 is 0 Å². The van der Waals surface area contributed by atoms with Crippen molar-refractivity contribution in [3.63, 3.8) is 0 Å². The number of H-pyrrole nitrogens is 1. The lowest BCUT2D eigenvalue weighted by molar-refractivity contribution is 0.0686. The molecule has 0 atom stereocenters. The molecule has 3 rings (SSSR count). The summed E-state index contributed by atoms with van der Waals surface area (Å²) in [5.74, 6) is -2.99. The minimum absolute atomic E-state index is 0.0140. The van der Waals surface area contributed by atoms with Gasteiger partial charge in [-0.1, -0.05) is 29.3 Å². The Kier molecular flexibility index (Phi) is 6.22. The Morgan fingerprint density at radius 2 is 1.90 bits per heavy atom. The Bertz CT molecular complexity index is 1370. The predicted octanol–water partition coefficient (Wildman–Crippen LogP) is 2.72. The smallest absolute Gasteiger partial charge is 0.358 e. The van der Waals surface area contributed by atoms with Crippen molar-refractivity contribution >= 4 is 62.2 Å². The molecule has 15 heteroatoms. The number of anilines is 1. The third kappa shape index (κ3) is 4.64. The standard InChI is InChI=1S/C16H10Cl2N4O7S2/c17-7-2-1-3-9(10(7)18)31(28,29)22-16(27)19-8-5-30-4-6(8)13-20-11(15(25)26)12(23)14(24)21-13/h1-5,23H,(H,25,26)(H2,19,22,27)(H,20,21,24). The van der Waals surface area contributed by atoms with Crippen molar-refractivity contribution < 1.29 is 28.2 Å². The molecule has 31 heavy (non-hydrogen) atoms. The summed E-state index contributed by atoms with van der Waals surface area (Å²) in [5.41, 5.74) is -1.90. The van der Waals surface area contributed by atoms with Crippen LogP contribution in [0.3, 0.4) is 0 Å². The van der Waals surface area contributed by atoms with Gasteiger partial charge in [-0.3, -0.25) is 4.79 Å². The highest BCUT2D eigenvalue weighted by molar-refractivity contribution is 7.90. The van der Waals surface area contributed by atoms with E-state index in [0.29, 0.717) is 0 Å². The molecule has 2 heterocycles. The normalized spacial score (nSPS) is 11.2. The van der Waals surface area contributed by atoms with Crippen LogP contribution < -0.4 is 15.6 Å². The first-order chi connectivity index (χ1) is 14.5. The van der Waals surface area contributed by atoms with Crippen molar-refractivity contribution in [2.24, 2.45) is 0 Å². The van der Waals surface area contributed by atoms with Gasteiger partial charge >= 0.3 is 12.0 Å². The molecule has 3 aromatic rings. The number of hydrogen-bond acceptors (Lipinski definition) is 8. The second-order valence-electron chi connectivity index (χ2n) is 5.73. The molecule has 0 aliphatic carbocycles. The molecule has 0 aliphatic heterocycles. The lowest BCUT2D eigenvalue weighted by atomic mass is 10.2. The van der Waals surface area contributed by atoms with Gasteiger partial charge in [0.05, 0.1) is 21.3 Å². The van der Waals surface area contributed by atoms with Gasteiger partial charge in [0.25, 0.3) is 15.6 Å². The average Bonchev–Trinajstić information content (AvgIpc) is 3.13. The monoisotopic (exact) mass is 504 g/mol. The number of nitrogens with zero attached hydrogens (tertiary/aromatic N) is 1. The molecule has 11 nitrogen and oxygen atoms in total. The average molecular weight is 505 g/mol. The van der Waals surface area contributed by atoms with Crippen LogP contribution in [0.15, 0.2) is 38.6 Å². The fourth-order valence-corrected chi connectivity index (χ4v) is 4.77.